The number of hydrogen-bond acceptors (Lipinski definition) is 4. The molecule has 8 heteroatoms. The van der Waals surface area contributed by atoms with Gasteiger partial charge in [0.25, 0.3) is 0 Å². The summed E-state index contributed by atoms with van der Waals surface area (Å²) in [5.74, 6) is -1.58. The zero-order chi connectivity index (χ0) is 15.8. The van der Waals surface area contributed by atoms with Crippen LogP contribution >= 0.6 is 23.4 Å². The Bertz CT molecular complexity index is 539. The van der Waals surface area contributed by atoms with Crippen LogP contribution in [0.4, 0.5) is 0 Å². The minimum absolute atomic E-state index is 0.0895. The lowest BCUT2D eigenvalue weighted by molar-refractivity contribution is -0.142. The van der Waals surface area contributed by atoms with Crippen LogP contribution in [0.15, 0.2) is 24.3 Å². The quantitative estimate of drug-likeness (QED) is 0.620. The summed E-state index contributed by atoms with van der Waals surface area (Å²) >= 11 is 7.15. The third-order valence-electron chi connectivity index (χ3n) is 2.49. The molecule has 2 amide bonds. The number of nitrogens with one attached hydrogen (secondary N) is 1. The van der Waals surface area contributed by atoms with Gasteiger partial charge in [-0.2, -0.15) is 11.8 Å². The van der Waals surface area contributed by atoms with Gasteiger partial charge < -0.3 is 16.2 Å². The van der Waals surface area contributed by atoms with E-state index in [2.05, 4.69) is 5.32 Å². The van der Waals surface area contributed by atoms with E-state index >= 15 is 0 Å². The van der Waals surface area contributed by atoms with Gasteiger partial charge in [-0.25, -0.2) is 4.79 Å². The summed E-state index contributed by atoms with van der Waals surface area (Å²) in [5.41, 5.74) is 5.29. The van der Waals surface area contributed by atoms with Crippen molar-refractivity contribution in [2.75, 3.05) is 11.5 Å². The highest BCUT2D eigenvalue weighted by Crippen LogP contribution is 2.23. The number of carbonyl (C=O) groups is 3. The first kappa shape index (κ1) is 17.3. The number of hydrogen-bond donors (Lipinski definition) is 3. The van der Waals surface area contributed by atoms with Crippen LogP contribution in [-0.2, 0) is 14.4 Å². The Morgan fingerprint density at radius 1 is 1.33 bits per heavy atom. The molecule has 1 aromatic rings. The van der Waals surface area contributed by atoms with E-state index in [1.165, 1.54) is 11.8 Å². The predicted octanol–water partition coefficient (Wildman–Crippen LogP) is 1.19. The number of carbonyl (C=O) groups excluding carboxylic acids is 2. The second-order valence-electron chi connectivity index (χ2n) is 4.13. The number of aliphatic carboxylic acids is 1. The minimum Gasteiger partial charge on any atom is -0.479 e. The number of primary amides is 1. The van der Waals surface area contributed by atoms with Gasteiger partial charge in [0.2, 0.25) is 11.8 Å². The van der Waals surface area contributed by atoms with E-state index in [1.807, 2.05) is 0 Å². The van der Waals surface area contributed by atoms with Crippen LogP contribution in [-0.4, -0.2) is 34.4 Å². The maximum absolute atomic E-state index is 11.7. The number of carboxylic acids is 1. The van der Waals surface area contributed by atoms with Crippen molar-refractivity contribution in [3.05, 3.63) is 34.9 Å². The van der Waals surface area contributed by atoms with E-state index in [0.29, 0.717) is 11.3 Å². The highest BCUT2D eigenvalue weighted by Gasteiger charge is 2.23. The SMILES string of the molecule is NC(=O)CSCCC(=O)N[C@@H](C(=O)O)c1ccccc1Cl. The standard InChI is InChI=1S/C13H15ClN2O4S/c14-9-4-2-1-3-8(9)12(13(19)20)16-11(18)5-6-21-7-10(15)17/h1-4,12H,5-7H2,(H2,15,17)(H,16,18)(H,19,20)/t12-/m1/s1. The zero-order valence-electron chi connectivity index (χ0n) is 11.0. The van der Waals surface area contributed by atoms with Crippen molar-refractivity contribution >= 4 is 41.1 Å². The van der Waals surface area contributed by atoms with Crippen LogP contribution in [0.3, 0.4) is 0 Å². The zero-order valence-corrected chi connectivity index (χ0v) is 12.6. The van der Waals surface area contributed by atoms with Gasteiger partial charge >= 0.3 is 5.97 Å². The Morgan fingerprint density at radius 3 is 2.57 bits per heavy atom. The van der Waals surface area contributed by atoms with E-state index in [-0.39, 0.29) is 17.2 Å². The molecule has 0 heterocycles. The fraction of sp³-hybridized carbons (Fsp3) is 0.308. The molecule has 0 aromatic heterocycles. The van der Waals surface area contributed by atoms with Crippen molar-refractivity contribution in [1.29, 1.82) is 0 Å². The van der Waals surface area contributed by atoms with Gasteiger partial charge in [0.15, 0.2) is 6.04 Å². The van der Waals surface area contributed by atoms with E-state index < -0.39 is 23.8 Å². The Balaban J connectivity index is 2.59. The molecular formula is C13H15ClN2O4S. The summed E-state index contributed by atoms with van der Waals surface area (Å²) in [6, 6.07) is 5.22. The molecule has 4 N–H and O–H groups in total. The van der Waals surface area contributed by atoms with Crippen LogP contribution in [0.1, 0.15) is 18.0 Å². The molecule has 6 nitrogen and oxygen atoms in total. The topological polar surface area (TPSA) is 109 Å². The maximum Gasteiger partial charge on any atom is 0.330 e. The summed E-state index contributed by atoms with van der Waals surface area (Å²) in [7, 11) is 0. The Kier molecular flexibility index (Phi) is 7.04. The number of carboxylic acid groups (broad SMARTS) is 1. The molecule has 0 aliphatic rings. The van der Waals surface area contributed by atoms with Crippen LogP contribution in [0.2, 0.25) is 5.02 Å². The number of nitrogens with two attached hydrogens (primary N) is 1. The fourth-order valence-corrected chi connectivity index (χ4v) is 2.47. The Hall–Kier alpha value is -1.73. The second-order valence-corrected chi connectivity index (χ2v) is 5.64. The van der Waals surface area contributed by atoms with Crippen molar-refractivity contribution < 1.29 is 19.5 Å². The molecular weight excluding hydrogens is 316 g/mol. The number of halogens is 1. The van der Waals surface area contributed by atoms with Crippen molar-refractivity contribution in [3.8, 4) is 0 Å². The van der Waals surface area contributed by atoms with Crippen LogP contribution in [0, 0.1) is 0 Å². The molecule has 0 fully saturated rings. The number of thioether (sulfide) groups is 1. The smallest absolute Gasteiger partial charge is 0.330 e. The molecule has 0 spiro atoms. The van der Waals surface area contributed by atoms with E-state index in [4.69, 9.17) is 17.3 Å². The maximum atomic E-state index is 11.7. The van der Waals surface area contributed by atoms with E-state index in [0.717, 1.165) is 0 Å². The summed E-state index contributed by atoms with van der Waals surface area (Å²) in [6.07, 6.45) is 0.0895. The molecule has 0 aliphatic heterocycles. The first-order chi connectivity index (χ1) is 9.91. The lowest BCUT2D eigenvalue weighted by Gasteiger charge is -2.16. The third kappa shape index (κ3) is 6.05. The molecule has 1 atom stereocenters. The highest BCUT2D eigenvalue weighted by atomic mass is 35.5. The molecule has 114 valence electrons. The highest BCUT2D eigenvalue weighted by molar-refractivity contribution is 7.99. The lowest BCUT2D eigenvalue weighted by atomic mass is 10.1. The van der Waals surface area contributed by atoms with Gasteiger partial charge in [-0.1, -0.05) is 29.8 Å². The monoisotopic (exact) mass is 330 g/mol. The van der Waals surface area contributed by atoms with Crippen LogP contribution in [0.5, 0.6) is 0 Å². The predicted molar refractivity (Wildman–Crippen MR) is 81.1 cm³/mol. The number of benzene rings is 1. The van der Waals surface area contributed by atoms with Crippen molar-refractivity contribution in [3.63, 3.8) is 0 Å². The third-order valence-corrected chi connectivity index (χ3v) is 3.81. The largest absolute Gasteiger partial charge is 0.479 e. The molecule has 0 aliphatic carbocycles. The van der Waals surface area contributed by atoms with Gasteiger partial charge in [0.05, 0.1) is 5.75 Å². The first-order valence-electron chi connectivity index (χ1n) is 6.04. The Labute approximate surface area is 131 Å². The van der Waals surface area contributed by atoms with Gasteiger partial charge in [-0.15, -0.1) is 0 Å². The van der Waals surface area contributed by atoms with E-state index in [9.17, 15) is 19.5 Å². The van der Waals surface area contributed by atoms with Crippen LogP contribution in [0.25, 0.3) is 0 Å². The summed E-state index contributed by atoms with van der Waals surface area (Å²) in [4.78, 5) is 33.5. The summed E-state index contributed by atoms with van der Waals surface area (Å²) in [6.45, 7) is 0. The van der Waals surface area contributed by atoms with Gasteiger partial charge in [0.1, 0.15) is 0 Å². The van der Waals surface area contributed by atoms with E-state index in [1.54, 1.807) is 24.3 Å². The van der Waals surface area contributed by atoms with Gasteiger partial charge in [-0.05, 0) is 6.07 Å². The number of rotatable bonds is 8. The normalized spacial score (nSPS) is 11.7. The molecule has 21 heavy (non-hydrogen) atoms. The minimum atomic E-state index is -1.20. The molecule has 0 unspecified atom stereocenters. The lowest BCUT2D eigenvalue weighted by Crippen LogP contribution is -2.34. The van der Waals surface area contributed by atoms with Crippen molar-refractivity contribution in [1.82, 2.24) is 5.32 Å². The van der Waals surface area contributed by atoms with Crippen molar-refractivity contribution in [2.45, 2.75) is 12.5 Å². The van der Waals surface area contributed by atoms with Crippen molar-refractivity contribution in [2.24, 2.45) is 5.73 Å². The fourth-order valence-electron chi connectivity index (χ4n) is 1.55. The average Bonchev–Trinajstić information content (AvgIpc) is 2.41. The number of amides is 2. The summed E-state index contributed by atoms with van der Waals surface area (Å²) in [5, 5.41) is 11.9. The molecule has 1 rings (SSSR count). The second kappa shape index (κ2) is 8.53. The Morgan fingerprint density at radius 2 is 2.00 bits per heavy atom. The first-order valence-corrected chi connectivity index (χ1v) is 7.57. The summed E-state index contributed by atoms with van der Waals surface area (Å²) < 4.78 is 0. The average molecular weight is 331 g/mol. The van der Waals surface area contributed by atoms with Gasteiger partial charge in [-0.3, -0.25) is 9.59 Å². The molecule has 0 radical (unpaired) electrons. The van der Waals surface area contributed by atoms with Crippen LogP contribution < -0.4 is 11.1 Å². The molecule has 0 saturated carbocycles. The van der Waals surface area contributed by atoms with Gasteiger partial charge in [0, 0.05) is 22.8 Å². The molecule has 1 aromatic carbocycles. The molecule has 0 saturated heterocycles. The molecule has 0 bridgehead atoms.